The maximum atomic E-state index is 16.7. The largest absolute Gasteiger partial charge is 0.444 e. The number of carbonyl (C=O) groups is 4. The molecule has 0 aromatic heterocycles. The first-order valence-corrected chi connectivity index (χ1v) is 25.1. The number of nitro groups is 2. The number of hydrogen-bond acceptors (Lipinski definition) is 12. The van der Waals surface area contributed by atoms with Gasteiger partial charge in [-0.15, -0.1) is 0 Å². The minimum atomic E-state index is -1.48. The van der Waals surface area contributed by atoms with Crippen molar-refractivity contribution in [2.24, 2.45) is 0 Å². The van der Waals surface area contributed by atoms with Gasteiger partial charge in [0.1, 0.15) is 40.7 Å². The summed E-state index contributed by atoms with van der Waals surface area (Å²) in [4.78, 5) is 83.9. The number of ether oxygens (including phenoxy) is 2. The SMILES string of the molecule is CC(C)(C)OC(=O)N1CCC[C@H]1C(=O)Nc1ccc([C@H]2CC[C@H](C3=CC([N+](=O)[O-])C(NC(=O)[C@@H]4CCCN4C(=O)OC(C)(C)C)C=C3)N2c2cc(F)c(N3CCC(c4ccccc4)CC3)c(F)c2)cc1[N+](=O)[O-]. The van der Waals surface area contributed by atoms with E-state index in [0.717, 1.165) is 5.56 Å². The molecule has 0 bridgehead atoms. The number of nitrogens with zero attached hydrogens (tertiary/aromatic N) is 6. The lowest BCUT2D eigenvalue weighted by atomic mass is 9.89. The van der Waals surface area contributed by atoms with Crippen LogP contribution in [0.1, 0.15) is 116 Å². The Bertz CT molecular complexity index is 2660. The lowest BCUT2D eigenvalue weighted by Gasteiger charge is -2.37. The zero-order chi connectivity index (χ0) is 52.5. The fourth-order valence-corrected chi connectivity index (χ4v) is 10.9. The van der Waals surface area contributed by atoms with Gasteiger partial charge >= 0.3 is 12.2 Å². The summed E-state index contributed by atoms with van der Waals surface area (Å²) in [6, 6.07) is 10.7. The van der Waals surface area contributed by atoms with Crippen LogP contribution in [-0.2, 0) is 19.1 Å². The monoisotopic (exact) mass is 1010 g/mol. The zero-order valence-electron chi connectivity index (χ0n) is 42.1. The van der Waals surface area contributed by atoms with Crippen molar-refractivity contribution in [2.45, 2.75) is 146 Å². The predicted molar refractivity (Wildman–Crippen MR) is 269 cm³/mol. The van der Waals surface area contributed by atoms with Crippen molar-refractivity contribution in [1.29, 1.82) is 0 Å². The van der Waals surface area contributed by atoms with E-state index in [1.165, 1.54) is 46.2 Å². The molecule has 73 heavy (non-hydrogen) atoms. The van der Waals surface area contributed by atoms with Crippen molar-refractivity contribution in [2.75, 3.05) is 41.3 Å². The summed E-state index contributed by atoms with van der Waals surface area (Å²) in [7, 11) is 0. The molecule has 4 fully saturated rings. The van der Waals surface area contributed by atoms with Crippen LogP contribution in [0.25, 0.3) is 0 Å². The summed E-state index contributed by atoms with van der Waals surface area (Å²) in [5, 5.41) is 31.0. The first kappa shape index (κ1) is 52.2. The summed E-state index contributed by atoms with van der Waals surface area (Å²) in [6.45, 7) is 11.6. The molecule has 4 aliphatic heterocycles. The summed E-state index contributed by atoms with van der Waals surface area (Å²) < 4.78 is 44.4. The Kier molecular flexibility index (Phi) is 15.1. The Morgan fingerprint density at radius 2 is 1.27 bits per heavy atom. The van der Waals surface area contributed by atoms with Gasteiger partial charge in [-0.05, 0) is 140 Å². The van der Waals surface area contributed by atoms with Crippen molar-refractivity contribution in [3.8, 4) is 0 Å². The first-order chi connectivity index (χ1) is 34.6. The quantitative estimate of drug-likeness (QED) is 0.136. The topological polar surface area (TPSA) is 210 Å². The highest BCUT2D eigenvalue weighted by atomic mass is 19.1. The van der Waals surface area contributed by atoms with E-state index in [1.807, 2.05) is 30.3 Å². The molecule has 0 spiro atoms. The van der Waals surface area contributed by atoms with Crippen LogP contribution in [0.5, 0.6) is 0 Å². The number of piperidine rings is 1. The fraction of sp³-hybridized carbons (Fsp3) is 0.509. The summed E-state index contributed by atoms with van der Waals surface area (Å²) in [5.74, 6) is -2.62. The third-order valence-corrected chi connectivity index (χ3v) is 14.2. The molecular weight excluding hydrogens is 947 g/mol. The predicted octanol–water partition coefficient (Wildman–Crippen LogP) is 9.33. The molecule has 5 aliphatic rings. The second kappa shape index (κ2) is 21.2. The third-order valence-electron chi connectivity index (χ3n) is 14.2. The highest BCUT2D eigenvalue weighted by molar-refractivity contribution is 5.98. The van der Waals surface area contributed by atoms with Crippen LogP contribution in [0.15, 0.2) is 84.5 Å². The minimum Gasteiger partial charge on any atom is -0.444 e. The number of likely N-dealkylation sites (tertiary alicyclic amines) is 2. The van der Waals surface area contributed by atoms with Crippen LogP contribution in [0.3, 0.4) is 0 Å². The van der Waals surface area contributed by atoms with Crippen molar-refractivity contribution < 1.29 is 47.3 Å². The molecule has 20 heteroatoms. The van der Waals surface area contributed by atoms with Crippen LogP contribution in [0.2, 0.25) is 0 Å². The molecule has 18 nitrogen and oxygen atoms in total. The van der Waals surface area contributed by atoms with Crippen LogP contribution in [0, 0.1) is 31.9 Å². The van der Waals surface area contributed by atoms with Crippen molar-refractivity contribution >= 4 is 46.8 Å². The number of rotatable bonds is 11. The number of anilines is 3. The fourth-order valence-electron chi connectivity index (χ4n) is 10.9. The Balaban J connectivity index is 1.09. The molecule has 8 rings (SSSR count). The molecule has 6 atom stereocenters. The zero-order valence-corrected chi connectivity index (χ0v) is 42.1. The number of nitro benzene ring substituents is 1. The molecule has 4 amide bonds. The molecule has 2 unspecified atom stereocenters. The molecular formula is C53H64F2N8O10. The van der Waals surface area contributed by atoms with Crippen LogP contribution in [-0.4, -0.2) is 111 Å². The van der Waals surface area contributed by atoms with E-state index in [1.54, 1.807) is 63.5 Å². The van der Waals surface area contributed by atoms with E-state index in [-0.39, 0.29) is 42.5 Å². The average Bonchev–Trinajstić information content (AvgIpc) is 4.12. The molecule has 4 saturated heterocycles. The van der Waals surface area contributed by atoms with Gasteiger partial charge in [0.25, 0.3) is 11.7 Å². The smallest absolute Gasteiger partial charge is 0.410 e. The van der Waals surface area contributed by atoms with Gasteiger partial charge in [0.05, 0.1) is 17.0 Å². The third kappa shape index (κ3) is 11.7. The summed E-state index contributed by atoms with van der Waals surface area (Å²) in [5.41, 5.74) is -0.333. The second-order valence-electron chi connectivity index (χ2n) is 21.5. The van der Waals surface area contributed by atoms with Crippen LogP contribution in [0.4, 0.5) is 41.1 Å². The lowest BCUT2D eigenvalue weighted by molar-refractivity contribution is -0.511. The lowest BCUT2D eigenvalue weighted by Crippen LogP contribution is -2.53. The maximum Gasteiger partial charge on any atom is 0.410 e. The van der Waals surface area contributed by atoms with E-state index >= 15 is 8.78 Å². The molecule has 1 aliphatic carbocycles. The van der Waals surface area contributed by atoms with E-state index in [9.17, 15) is 39.4 Å². The number of benzene rings is 3. The Morgan fingerprint density at radius 1 is 0.699 bits per heavy atom. The first-order valence-electron chi connectivity index (χ1n) is 25.1. The average molecular weight is 1010 g/mol. The highest BCUT2D eigenvalue weighted by Gasteiger charge is 2.44. The van der Waals surface area contributed by atoms with Crippen molar-refractivity contribution in [3.05, 3.63) is 127 Å². The Hall–Kier alpha value is -7.12. The Morgan fingerprint density at radius 3 is 1.84 bits per heavy atom. The maximum absolute atomic E-state index is 16.7. The van der Waals surface area contributed by atoms with Gasteiger partial charge in [-0.1, -0.05) is 48.6 Å². The van der Waals surface area contributed by atoms with E-state index in [0.29, 0.717) is 69.2 Å². The number of amides is 4. The normalized spacial score (nSPS) is 23.5. The van der Waals surface area contributed by atoms with Crippen molar-refractivity contribution in [1.82, 2.24) is 15.1 Å². The van der Waals surface area contributed by atoms with E-state index in [4.69, 9.17) is 9.47 Å². The van der Waals surface area contributed by atoms with Gasteiger partial charge in [0.2, 0.25) is 11.8 Å². The summed E-state index contributed by atoms with van der Waals surface area (Å²) in [6.07, 6.45) is 6.84. The molecule has 3 aromatic rings. The second-order valence-corrected chi connectivity index (χ2v) is 21.5. The van der Waals surface area contributed by atoms with Gasteiger partial charge in [0.15, 0.2) is 11.6 Å². The standard InChI is InChI=1S/C53H64F2N8O10/c1-52(2,3)72-50(66)59-24-10-14-43(59)48(64)56-39-18-16-34(28-45(39)62(68)69)41-20-21-42(61(41)36-30-37(54)47(38(55)31-36)58-26-22-33(23-27-58)32-12-8-7-9-13-32)35-17-19-40(46(29-35)63(70)71)57-49(65)44-15-11-25-60(44)51(67)73-53(4,5)6/h7-9,12-13,16-19,28-31,33,39,41-45H,10-11,14-15,20-27H2,1-6H3,(H,56,64)(H,57,65)/t39?,41-,42-,43+,44+,45?/m1/s1. The number of carbonyl (C=O) groups excluding carboxylic acids is 4. The molecule has 2 N–H and O–H groups in total. The number of halogens is 2. The Labute approximate surface area is 423 Å². The van der Waals surface area contributed by atoms with E-state index in [2.05, 4.69) is 10.6 Å². The van der Waals surface area contributed by atoms with Gasteiger partial charge < -0.3 is 29.9 Å². The van der Waals surface area contributed by atoms with Gasteiger partial charge in [-0.2, -0.15) is 0 Å². The molecule has 4 heterocycles. The number of nitrogens with one attached hydrogen (secondary N) is 2. The highest BCUT2D eigenvalue weighted by Crippen LogP contribution is 2.46. The van der Waals surface area contributed by atoms with Crippen LogP contribution >= 0.6 is 0 Å². The number of hydrogen-bond donors (Lipinski definition) is 2. The van der Waals surface area contributed by atoms with Crippen molar-refractivity contribution in [3.63, 3.8) is 0 Å². The minimum absolute atomic E-state index is 0.0970. The molecule has 0 radical (unpaired) electrons. The van der Waals surface area contributed by atoms with Gasteiger partial charge in [-0.3, -0.25) is 39.6 Å². The van der Waals surface area contributed by atoms with Crippen LogP contribution < -0.4 is 20.4 Å². The molecule has 0 saturated carbocycles. The molecule has 390 valence electrons. The van der Waals surface area contributed by atoms with E-state index < -0.39 is 98.6 Å². The molecule has 3 aromatic carbocycles. The van der Waals surface area contributed by atoms with Gasteiger partial charge in [-0.25, -0.2) is 18.4 Å². The van der Waals surface area contributed by atoms with Gasteiger partial charge in [0, 0.05) is 42.9 Å². The summed E-state index contributed by atoms with van der Waals surface area (Å²) >= 11 is 0.